The number of nitrogens with one attached hydrogen (secondary N) is 1. The Hall–Kier alpha value is -1.34. The van der Waals surface area contributed by atoms with Crippen molar-refractivity contribution in [2.24, 2.45) is 0 Å². The summed E-state index contributed by atoms with van der Waals surface area (Å²) in [6.45, 7) is 2.17. The van der Waals surface area contributed by atoms with Crippen LogP contribution in [-0.4, -0.2) is 57.0 Å². The summed E-state index contributed by atoms with van der Waals surface area (Å²) in [6, 6.07) is 2.63. The highest BCUT2D eigenvalue weighted by Gasteiger charge is 2.26. The van der Waals surface area contributed by atoms with Crippen LogP contribution in [0, 0.1) is 0 Å². The molecule has 2 aliphatic heterocycles. The van der Waals surface area contributed by atoms with E-state index in [1.165, 1.54) is 35.1 Å². The first-order valence-electron chi connectivity index (χ1n) is 8.35. The predicted octanol–water partition coefficient (Wildman–Crippen LogP) is 0.720. The molecule has 3 heterocycles. The Morgan fingerprint density at radius 1 is 1.26 bits per heavy atom. The van der Waals surface area contributed by atoms with Gasteiger partial charge in [-0.25, -0.2) is 9.78 Å². The van der Waals surface area contributed by atoms with Crippen molar-refractivity contribution in [3.63, 3.8) is 0 Å². The van der Waals surface area contributed by atoms with Crippen molar-refractivity contribution < 1.29 is 4.79 Å². The van der Waals surface area contributed by atoms with Gasteiger partial charge in [-0.1, -0.05) is 0 Å². The van der Waals surface area contributed by atoms with Crippen LogP contribution in [0.2, 0.25) is 0 Å². The van der Waals surface area contributed by atoms with E-state index < -0.39 is 0 Å². The second-order valence-electron chi connectivity index (χ2n) is 6.25. The Morgan fingerprint density at radius 2 is 2.00 bits per heavy atom. The van der Waals surface area contributed by atoms with Crippen LogP contribution >= 0.6 is 11.8 Å². The molecule has 0 saturated carbocycles. The zero-order valence-electron chi connectivity index (χ0n) is 13.3. The highest BCUT2D eigenvalue weighted by atomic mass is 32.2. The fraction of sp³-hybridized carbons (Fsp3) is 0.688. The van der Waals surface area contributed by atoms with Gasteiger partial charge in [0, 0.05) is 37.6 Å². The van der Waals surface area contributed by atoms with Gasteiger partial charge in [-0.2, -0.15) is 11.8 Å². The van der Waals surface area contributed by atoms with Gasteiger partial charge < -0.3 is 10.2 Å². The van der Waals surface area contributed by atoms with Crippen molar-refractivity contribution >= 4 is 17.7 Å². The number of amides is 1. The quantitative estimate of drug-likeness (QED) is 0.877. The van der Waals surface area contributed by atoms with Crippen molar-refractivity contribution in [3.05, 3.63) is 28.9 Å². The van der Waals surface area contributed by atoms with Gasteiger partial charge in [-0.15, -0.1) is 0 Å². The number of carbonyl (C=O) groups is 1. The number of aromatic nitrogens is 2. The van der Waals surface area contributed by atoms with Crippen molar-refractivity contribution in [1.82, 2.24) is 19.8 Å². The summed E-state index contributed by atoms with van der Waals surface area (Å²) in [5.41, 5.74) is -0.382. The van der Waals surface area contributed by atoms with Gasteiger partial charge in [0.2, 0.25) is 5.91 Å². The van der Waals surface area contributed by atoms with Gasteiger partial charge in [-0.3, -0.25) is 9.36 Å². The molecule has 1 amide bonds. The summed E-state index contributed by atoms with van der Waals surface area (Å²) in [4.78, 5) is 29.9. The molecule has 3 rings (SSSR count). The molecule has 23 heavy (non-hydrogen) atoms. The molecule has 0 aromatic carbocycles. The molecule has 1 aromatic heterocycles. The SMILES string of the molecule is O=C(Cn1cccnc1=O)NC1CCN(C2CCSCC2)CC1. The molecule has 126 valence electrons. The zero-order valence-corrected chi connectivity index (χ0v) is 14.1. The minimum absolute atomic E-state index is 0.0483. The lowest BCUT2D eigenvalue weighted by Crippen LogP contribution is -2.49. The maximum atomic E-state index is 12.1. The lowest BCUT2D eigenvalue weighted by Gasteiger charge is -2.39. The summed E-state index contributed by atoms with van der Waals surface area (Å²) in [5.74, 6) is 2.45. The standard InChI is InChI=1S/C16H24N4O2S/c21-15(12-20-7-1-6-17-16(20)22)18-13-2-8-19(9-3-13)14-4-10-23-11-5-14/h1,6-7,13-14H,2-5,8-12H2,(H,18,21). The monoisotopic (exact) mass is 336 g/mol. The number of carbonyl (C=O) groups excluding carboxylic acids is 1. The Bertz CT molecular complexity index is 577. The van der Waals surface area contributed by atoms with Gasteiger partial charge in [0.05, 0.1) is 0 Å². The molecule has 0 atom stereocenters. The van der Waals surface area contributed by atoms with E-state index in [9.17, 15) is 9.59 Å². The van der Waals surface area contributed by atoms with Crippen LogP contribution < -0.4 is 11.0 Å². The highest BCUT2D eigenvalue weighted by Crippen LogP contribution is 2.24. The van der Waals surface area contributed by atoms with E-state index in [1.807, 2.05) is 0 Å². The molecule has 1 N–H and O–H groups in total. The van der Waals surface area contributed by atoms with Gasteiger partial charge in [-0.05, 0) is 43.3 Å². The molecular formula is C16H24N4O2S. The van der Waals surface area contributed by atoms with E-state index in [0.29, 0.717) is 0 Å². The molecule has 2 aliphatic rings. The normalized spacial score (nSPS) is 21.2. The molecule has 0 spiro atoms. The molecule has 1 aromatic rings. The first-order chi connectivity index (χ1) is 11.2. The maximum Gasteiger partial charge on any atom is 0.347 e. The van der Waals surface area contributed by atoms with Crippen LogP contribution in [0.1, 0.15) is 25.7 Å². The lowest BCUT2D eigenvalue weighted by atomic mass is 10.0. The fourth-order valence-electron chi connectivity index (χ4n) is 3.39. The lowest BCUT2D eigenvalue weighted by molar-refractivity contribution is -0.122. The third kappa shape index (κ3) is 4.57. The van der Waals surface area contributed by atoms with Gasteiger partial charge in [0.1, 0.15) is 6.54 Å². The Labute approximate surface area is 140 Å². The zero-order chi connectivity index (χ0) is 16.1. The minimum Gasteiger partial charge on any atom is -0.352 e. The highest BCUT2D eigenvalue weighted by molar-refractivity contribution is 7.99. The van der Waals surface area contributed by atoms with Crippen LogP contribution in [0.15, 0.2) is 23.3 Å². The van der Waals surface area contributed by atoms with Crippen molar-refractivity contribution in [2.75, 3.05) is 24.6 Å². The summed E-state index contributed by atoms with van der Waals surface area (Å²) >= 11 is 2.06. The van der Waals surface area contributed by atoms with E-state index in [0.717, 1.165) is 32.0 Å². The molecule has 2 fully saturated rings. The Kier molecular flexibility index (Phi) is 5.72. The third-order valence-electron chi connectivity index (χ3n) is 4.70. The first kappa shape index (κ1) is 16.5. The summed E-state index contributed by atoms with van der Waals surface area (Å²) in [7, 11) is 0. The van der Waals surface area contributed by atoms with E-state index in [2.05, 4.69) is 27.0 Å². The smallest absolute Gasteiger partial charge is 0.347 e. The average molecular weight is 336 g/mol. The summed E-state index contributed by atoms with van der Waals surface area (Å²) in [5, 5.41) is 3.06. The van der Waals surface area contributed by atoms with Gasteiger partial charge in [0.15, 0.2) is 0 Å². The number of thioether (sulfide) groups is 1. The molecule has 6 nitrogen and oxygen atoms in total. The van der Waals surface area contributed by atoms with Crippen molar-refractivity contribution in [1.29, 1.82) is 0 Å². The first-order valence-corrected chi connectivity index (χ1v) is 9.50. The maximum absolute atomic E-state index is 12.1. The molecule has 0 bridgehead atoms. The van der Waals surface area contributed by atoms with Crippen molar-refractivity contribution in [3.8, 4) is 0 Å². The van der Waals surface area contributed by atoms with Crippen LogP contribution in [0.5, 0.6) is 0 Å². The number of hydrogen-bond donors (Lipinski definition) is 1. The third-order valence-corrected chi connectivity index (χ3v) is 5.75. The average Bonchev–Trinajstić information content (AvgIpc) is 2.58. The number of nitrogens with zero attached hydrogens (tertiary/aromatic N) is 3. The van der Waals surface area contributed by atoms with E-state index in [1.54, 1.807) is 12.3 Å². The molecule has 7 heteroatoms. The molecule has 2 saturated heterocycles. The van der Waals surface area contributed by atoms with Gasteiger partial charge in [0.25, 0.3) is 0 Å². The summed E-state index contributed by atoms with van der Waals surface area (Å²) in [6.07, 6.45) is 7.63. The Balaban J connectivity index is 1.44. The second kappa shape index (κ2) is 7.97. The number of likely N-dealkylation sites (tertiary alicyclic amines) is 1. The second-order valence-corrected chi connectivity index (χ2v) is 7.48. The topological polar surface area (TPSA) is 67.2 Å². The molecule has 0 radical (unpaired) electrons. The van der Waals surface area contributed by atoms with Crippen LogP contribution in [-0.2, 0) is 11.3 Å². The predicted molar refractivity (Wildman–Crippen MR) is 91.6 cm³/mol. The molecular weight excluding hydrogens is 312 g/mol. The van der Waals surface area contributed by atoms with E-state index in [4.69, 9.17) is 0 Å². The van der Waals surface area contributed by atoms with Crippen molar-refractivity contribution in [2.45, 2.75) is 44.3 Å². The molecule has 0 aliphatic carbocycles. The van der Waals surface area contributed by atoms with E-state index >= 15 is 0 Å². The van der Waals surface area contributed by atoms with Crippen LogP contribution in [0.25, 0.3) is 0 Å². The number of hydrogen-bond acceptors (Lipinski definition) is 5. The fourth-order valence-corrected chi connectivity index (χ4v) is 4.48. The summed E-state index contributed by atoms with van der Waals surface area (Å²) < 4.78 is 1.34. The minimum atomic E-state index is -0.382. The van der Waals surface area contributed by atoms with Crippen LogP contribution in [0.3, 0.4) is 0 Å². The van der Waals surface area contributed by atoms with Crippen LogP contribution in [0.4, 0.5) is 0 Å². The van der Waals surface area contributed by atoms with Gasteiger partial charge >= 0.3 is 5.69 Å². The largest absolute Gasteiger partial charge is 0.352 e. The number of piperidine rings is 1. The number of rotatable bonds is 4. The molecule has 0 unspecified atom stereocenters. The van der Waals surface area contributed by atoms with E-state index in [-0.39, 0.29) is 24.2 Å². The Morgan fingerprint density at radius 3 is 2.70 bits per heavy atom.